The first-order valence-electron chi connectivity index (χ1n) is 8.94. The molecular formula is C18H22N3O8S-. The van der Waals surface area contributed by atoms with Crippen LogP contribution in [-0.4, -0.2) is 69.8 Å². The number of carboxylic acid groups (broad SMARTS) is 1. The Morgan fingerprint density at radius 3 is 2.60 bits per heavy atom. The average Bonchev–Trinajstić information content (AvgIpc) is 2.66. The number of β-lactam (4-membered cyclic amide) rings is 1. The van der Waals surface area contributed by atoms with E-state index >= 15 is 0 Å². The summed E-state index contributed by atoms with van der Waals surface area (Å²) in [4.78, 5) is 36.5. The number of rotatable bonds is 9. The molecule has 1 aliphatic heterocycles. The predicted octanol–water partition coefficient (Wildman–Crippen LogP) is -0.156. The van der Waals surface area contributed by atoms with Gasteiger partial charge in [0.15, 0.2) is 17.5 Å². The highest BCUT2D eigenvalue weighted by molar-refractivity contribution is 7.81. The van der Waals surface area contributed by atoms with Crippen molar-refractivity contribution in [2.24, 2.45) is 5.10 Å². The van der Waals surface area contributed by atoms with Gasteiger partial charge >= 0.3 is 5.97 Å². The number of aryl methyl sites for hydroxylation is 1. The third-order valence-corrected chi connectivity index (χ3v) is 5.88. The first kappa shape index (κ1) is 23.3. The van der Waals surface area contributed by atoms with Crippen LogP contribution in [0.25, 0.3) is 0 Å². The number of phenolic OH excluding ortho intramolecular Hbond substituents is 2. The standard InChI is InChI=1S/C18H23N3O8S/c1-10-7-15(25)21(10)16(17(26)27)18(2,30(28)29)9-19-20-14(24)6-4-11-3-5-12(22)13(23)8-11/h3,5,8-10,16,22-23H,4,6-7H2,1-2H3,(H,20,24)(H,26,27)(H,28,29)/p-1/b19-9+/t10-,16+,18+/m1/s1. The topological polar surface area (TPSA) is 180 Å². The maximum absolute atomic E-state index is 12.0. The van der Waals surface area contributed by atoms with E-state index < -0.39 is 45.7 Å². The molecule has 4 N–H and O–H groups in total. The molecule has 0 saturated carbocycles. The molecule has 1 aromatic carbocycles. The van der Waals surface area contributed by atoms with Gasteiger partial charge in [0.05, 0.1) is 4.75 Å². The van der Waals surface area contributed by atoms with Crippen molar-refractivity contribution in [3.63, 3.8) is 0 Å². The largest absolute Gasteiger partial charge is 0.772 e. The molecule has 1 unspecified atom stereocenters. The van der Waals surface area contributed by atoms with Gasteiger partial charge in [-0.3, -0.25) is 13.8 Å². The van der Waals surface area contributed by atoms with Crippen molar-refractivity contribution >= 4 is 35.1 Å². The highest BCUT2D eigenvalue weighted by Gasteiger charge is 2.51. The smallest absolute Gasteiger partial charge is 0.328 e. The van der Waals surface area contributed by atoms with Crippen molar-refractivity contribution < 1.29 is 38.5 Å². The first-order valence-corrected chi connectivity index (χ1v) is 10.0. The number of carboxylic acids is 1. The molecular weight excluding hydrogens is 418 g/mol. The Bertz CT molecular complexity index is 905. The molecule has 164 valence electrons. The molecule has 1 fully saturated rings. The number of carbonyl (C=O) groups excluding carboxylic acids is 2. The lowest BCUT2D eigenvalue weighted by Crippen LogP contribution is -2.67. The summed E-state index contributed by atoms with van der Waals surface area (Å²) < 4.78 is 21.6. The lowest BCUT2D eigenvalue weighted by Gasteiger charge is -2.48. The fourth-order valence-electron chi connectivity index (χ4n) is 3.10. The van der Waals surface area contributed by atoms with E-state index in [4.69, 9.17) is 0 Å². The van der Waals surface area contributed by atoms with Gasteiger partial charge in [-0.25, -0.2) is 10.2 Å². The van der Waals surface area contributed by atoms with Gasteiger partial charge in [-0.2, -0.15) is 5.10 Å². The SMILES string of the molecule is C[C@@H]1CC(=O)N1[C@@H](C(=O)O)[C@](C)(/C=N/NC(=O)CCc1ccc(O)c(O)c1)S(=O)[O-]. The maximum Gasteiger partial charge on any atom is 0.328 e. The number of amides is 2. The van der Waals surface area contributed by atoms with Crippen LogP contribution in [0.5, 0.6) is 11.5 Å². The molecule has 11 nitrogen and oxygen atoms in total. The van der Waals surface area contributed by atoms with E-state index in [1.807, 2.05) is 0 Å². The Morgan fingerprint density at radius 2 is 2.10 bits per heavy atom. The molecule has 0 bridgehead atoms. The number of nitrogens with zero attached hydrogens (tertiary/aromatic N) is 2. The highest BCUT2D eigenvalue weighted by atomic mass is 32.2. The lowest BCUT2D eigenvalue weighted by atomic mass is 9.92. The van der Waals surface area contributed by atoms with Gasteiger partial charge in [0.25, 0.3) is 0 Å². The van der Waals surface area contributed by atoms with Crippen molar-refractivity contribution in [1.29, 1.82) is 0 Å². The van der Waals surface area contributed by atoms with Gasteiger partial charge in [-0.15, -0.1) is 0 Å². The summed E-state index contributed by atoms with van der Waals surface area (Å²) in [5.41, 5.74) is 2.70. The first-order chi connectivity index (χ1) is 14.0. The summed E-state index contributed by atoms with van der Waals surface area (Å²) in [5.74, 6) is -3.19. The van der Waals surface area contributed by atoms with E-state index in [1.165, 1.54) is 18.2 Å². The van der Waals surface area contributed by atoms with Gasteiger partial charge in [-0.05, 0) is 49.0 Å². The van der Waals surface area contributed by atoms with Crippen LogP contribution >= 0.6 is 0 Å². The Kier molecular flexibility index (Phi) is 7.16. The minimum Gasteiger partial charge on any atom is -0.772 e. The molecule has 1 saturated heterocycles. The van der Waals surface area contributed by atoms with Crippen molar-refractivity contribution in [3.05, 3.63) is 23.8 Å². The third kappa shape index (κ3) is 4.94. The second kappa shape index (κ2) is 9.22. The zero-order valence-corrected chi connectivity index (χ0v) is 17.1. The number of likely N-dealkylation sites (tertiary alicyclic amines) is 1. The molecule has 1 heterocycles. The van der Waals surface area contributed by atoms with E-state index in [-0.39, 0.29) is 30.8 Å². The predicted molar refractivity (Wildman–Crippen MR) is 104 cm³/mol. The summed E-state index contributed by atoms with van der Waals surface area (Å²) in [6.07, 6.45) is 1.05. The fraction of sp³-hybridized carbons (Fsp3) is 0.444. The maximum atomic E-state index is 12.0. The summed E-state index contributed by atoms with van der Waals surface area (Å²) >= 11 is -2.97. The van der Waals surface area contributed by atoms with Crippen molar-refractivity contribution in [3.8, 4) is 11.5 Å². The van der Waals surface area contributed by atoms with E-state index in [1.54, 1.807) is 6.92 Å². The Morgan fingerprint density at radius 1 is 1.43 bits per heavy atom. The minimum atomic E-state index is -2.97. The number of benzene rings is 1. The molecule has 1 aliphatic rings. The number of phenols is 2. The summed E-state index contributed by atoms with van der Waals surface area (Å²) in [6.45, 7) is 2.70. The van der Waals surface area contributed by atoms with Crippen LogP contribution in [0.4, 0.5) is 0 Å². The van der Waals surface area contributed by atoms with Gasteiger partial charge in [0.2, 0.25) is 11.8 Å². The summed E-state index contributed by atoms with van der Waals surface area (Å²) in [7, 11) is 0. The molecule has 0 radical (unpaired) electrons. The number of hydrazone groups is 1. The van der Waals surface area contributed by atoms with Crippen molar-refractivity contribution in [2.45, 2.75) is 49.9 Å². The third-order valence-electron chi connectivity index (χ3n) is 4.84. The van der Waals surface area contributed by atoms with Crippen LogP contribution in [0.3, 0.4) is 0 Å². The quantitative estimate of drug-likeness (QED) is 0.134. The minimum absolute atomic E-state index is 0.0667. The number of nitrogens with one attached hydrogen (secondary N) is 1. The lowest BCUT2D eigenvalue weighted by molar-refractivity contribution is -0.161. The van der Waals surface area contributed by atoms with E-state index in [0.29, 0.717) is 5.56 Å². The number of hydrogen-bond donors (Lipinski definition) is 4. The van der Waals surface area contributed by atoms with Gasteiger partial charge < -0.3 is 24.8 Å². The van der Waals surface area contributed by atoms with E-state index in [0.717, 1.165) is 18.0 Å². The normalized spacial score (nSPS) is 20.3. The van der Waals surface area contributed by atoms with Gasteiger partial charge in [0.1, 0.15) is 0 Å². The molecule has 2 rings (SSSR count). The molecule has 1 aromatic rings. The molecule has 12 heteroatoms. The van der Waals surface area contributed by atoms with E-state index in [2.05, 4.69) is 10.5 Å². The molecule has 30 heavy (non-hydrogen) atoms. The van der Waals surface area contributed by atoms with Crippen LogP contribution in [0.15, 0.2) is 23.3 Å². The second-order valence-corrected chi connectivity index (χ2v) is 8.48. The highest BCUT2D eigenvalue weighted by Crippen LogP contribution is 2.30. The van der Waals surface area contributed by atoms with Crippen LogP contribution in [0, 0.1) is 0 Å². The molecule has 0 aliphatic carbocycles. The summed E-state index contributed by atoms with van der Waals surface area (Å²) in [5, 5.41) is 31.8. The molecule has 0 aromatic heterocycles. The van der Waals surface area contributed by atoms with Crippen LogP contribution in [-0.2, 0) is 31.9 Å². The van der Waals surface area contributed by atoms with Crippen LogP contribution < -0.4 is 5.43 Å². The monoisotopic (exact) mass is 440 g/mol. The Labute approximate surface area is 174 Å². The van der Waals surface area contributed by atoms with Crippen molar-refractivity contribution in [2.75, 3.05) is 0 Å². The zero-order chi connectivity index (χ0) is 22.6. The average molecular weight is 440 g/mol. The number of aliphatic carboxylic acids is 1. The number of aromatic hydroxyl groups is 2. The van der Waals surface area contributed by atoms with Crippen molar-refractivity contribution in [1.82, 2.24) is 10.3 Å². The molecule has 2 amide bonds. The van der Waals surface area contributed by atoms with Gasteiger partial charge in [-0.1, -0.05) is 6.07 Å². The van der Waals surface area contributed by atoms with Crippen LogP contribution in [0.2, 0.25) is 0 Å². The molecule has 4 atom stereocenters. The Hall–Kier alpha value is -2.99. The number of carbonyl (C=O) groups is 3. The second-order valence-electron chi connectivity index (χ2n) is 7.13. The summed E-state index contributed by atoms with van der Waals surface area (Å²) in [6, 6.07) is 1.96. The zero-order valence-electron chi connectivity index (χ0n) is 16.3. The Balaban J connectivity index is 2.06. The fourth-order valence-corrected chi connectivity index (χ4v) is 3.64. The van der Waals surface area contributed by atoms with E-state index in [9.17, 15) is 38.5 Å². The van der Waals surface area contributed by atoms with Crippen LogP contribution in [0.1, 0.15) is 32.3 Å². The number of hydrogen-bond acceptors (Lipinski definition) is 8. The molecule has 0 spiro atoms. The van der Waals surface area contributed by atoms with Gasteiger partial charge in [0, 0.05) is 25.1 Å².